The van der Waals surface area contributed by atoms with Gasteiger partial charge in [-0.2, -0.15) is 0 Å². The molecule has 16 nitrogen and oxygen atoms in total. The van der Waals surface area contributed by atoms with E-state index >= 15 is 0 Å². The maximum Gasteiger partial charge on any atom is 0.668 e. The van der Waals surface area contributed by atoms with E-state index in [0.717, 1.165) is 0 Å². The van der Waals surface area contributed by atoms with Crippen molar-refractivity contribution in [3.05, 3.63) is 0 Å². The Hall–Kier alpha value is 0.228. The summed E-state index contributed by atoms with van der Waals surface area (Å²) in [5.41, 5.74) is 0. The highest BCUT2D eigenvalue weighted by molar-refractivity contribution is 6.63. The topological polar surface area (TPSA) is 324 Å². The zero-order chi connectivity index (χ0) is 16.7. The minimum Gasteiger partial charge on any atom is -0.412 e. The summed E-state index contributed by atoms with van der Waals surface area (Å²) >= 11 is 0. The van der Waals surface area contributed by atoms with Gasteiger partial charge in [0.25, 0.3) is 0 Å². The Morgan fingerprint density at radius 2 is 0.500 bits per heavy atom. The normalized spacial score (nSPS) is 12.3. The van der Waals surface area contributed by atoms with Crippen molar-refractivity contribution in [1.82, 2.24) is 0 Å². The molecule has 0 atom stereocenters. The molecule has 0 aromatic heterocycles. The summed E-state index contributed by atoms with van der Waals surface area (Å²) in [5, 5.41) is 0. The molecule has 0 radical (unpaired) electrons. The maximum atomic E-state index is 7.94. The molecule has 16 N–H and O–H groups in total. The maximum absolute atomic E-state index is 7.94. The fourth-order valence-corrected chi connectivity index (χ4v) is 1.65. The van der Waals surface area contributed by atoms with E-state index < -0.39 is 36.2 Å². The number of rotatable bonds is 2. The van der Waals surface area contributed by atoms with Crippen LogP contribution in [0.3, 0.4) is 0 Å². The highest BCUT2D eigenvalue weighted by Crippen LogP contribution is 1.95. The van der Waals surface area contributed by atoms with Gasteiger partial charge in [0, 0.05) is 0 Å². The Kier molecular flexibility index (Phi) is 14.3. The van der Waals surface area contributed by atoms with Crippen molar-refractivity contribution in [2.45, 2.75) is 0 Å². The third kappa shape index (κ3) is 139. The molecule has 0 aromatic rings. The molecule has 0 saturated carbocycles. The lowest BCUT2D eigenvalue weighted by Crippen LogP contribution is -2.53. The molecule has 0 aliphatic rings. The smallest absolute Gasteiger partial charge is 0.412 e. The quantitative estimate of drug-likeness (QED) is 0.196. The zero-order valence-corrected chi connectivity index (χ0v) is 13.2. The van der Waals surface area contributed by atoms with Crippen LogP contribution in [0.1, 0.15) is 0 Å². The summed E-state index contributed by atoms with van der Waals surface area (Å²) in [4.78, 5) is 106. The van der Waals surface area contributed by atoms with E-state index in [1.165, 1.54) is 0 Å². The summed E-state index contributed by atoms with van der Waals surface area (Å²) in [7, 11) is -19.2. The van der Waals surface area contributed by atoms with E-state index in [0.29, 0.717) is 0 Å². The third-order valence-corrected chi connectivity index (χ3v) is 2.46. The van der Waals surface area contributed by atoms with Gasteiger partial charge in [0.15, 0.2) is 0 Å². The molecule has 0 spiro atoms. The zero-order valence-electron chi connectivity index (χ0n) is 9.17. The molecule has 0 saturated heterocycles. The number of hydrogen-bond acceptors (Lipinski definition) is 15. The van der Waals surface area contributed by atoms with Gasteiger partial charge in [-0.15, -0.1) is 0 Å². The van der Waals surface area contributed by atoms with Crippen LogP contribution >= 0.6 is 0 Å². The van der Waals surface area contributed by atoms with Gasteiger partial charge < -0.3 is 76.7 Å². The minimum absolute atomic E-state index is 0. The summed E-state index contributed by atoms with van der Waals surface area (Å²) < 4.78 is 3.24. The van der Waals surface area contributed by atoms with E-state index in [2.05, 4.69) is 4.12 Å². The van der Waals surface area contributed by atoms with Gasteiger partial charge in [-0.3, -0.25) is 0 Å². The van der Waals surface area contributed by atoms with Crippen LogP contribution in [0, 0.1) is 0 Å². The van der Waals surface area contributed by atoms with E-state index in [1.54, 1.807) is 0 Å². The van der Waals surface area contributed by atoms with Crippen LogP contribution in [0.4, 0.5) is 0 Å². The molecule has 0 bridgehead atoms. The average Bonchev–Trinajstić information content (AvgIpc) is 1.63. The summed E-state index contributed by atoms with van der Waals surface area (Å²) in [5.74, 6) is 0. The third-order valence-electron chi connectivity index (χ3n) is 0.274. The second-order valence-corrected chi connectivity index (χ2v) is 7.96. The summed E-state index contributed by atoms with van der Waals surface area (Å²) in [6.45, 7) is 0. The van der Waals surface area contributed by atoms with E-state index in [4.69, 9.17) is 67.1 Å². The Morgan fingerprint density at radius 1 is 0.400 bits per heavy atom. The van der Waals surface area contributed by atoms with Gasteiger partial charge in [-0.1, -0.05) is 0 Å². The fraction of sp³-hybridized carbons (Fsp3) is 0. The van der Waals surface area contributed by atoms with Gasteiger partial charge in [0.05, 0.1) is 0 Å². The predicted molar refractivity (Wildman–Crippen MR) is 58.8 cm³/mol. The average molecular weight is 384 g/mol. The highest BCUT2D eigenvalue weighted by Gasteiger charge is 2.45. The van der Waals surface area contributed by atoms with Crippen molar-refractivity contribution in [3.8, 4) is 0 Å². The van der Waals surface area contributed by atoms with Crippen LogP contribution in [0.5, 0.6) is 0 Å². The van der Waals surface area contributed by atoms with Gasteiger partial charge in [0.2, 0.25) is 0 Å². The Balaban J connectivity index is -0.000000101. The number of hydrogen-bond donors (Lipinski definition) is 14. The highest BCUT2D eigenvalue weighted by atomic mass is 28.5. The van der Waals surface area contributed by atoms with Gasteiger partial charge in [-0.25, -0.2) is 0 Å². The SMILES string of the molecule is O.O[Si](O)(O)O.O[Si](O)(O)O.O[Si](O)(O)O[Si](O)(O)O. The molecule has 0 rings (SSSR count). The largest absolute Gasteiger partial charge is 0.668 e. The van der Waals surface area contributed by atoms with Crippen molar-refractivity contribution in [3.63, 3.8) is 0 Å². The van der Waals surface area contributed by atoms with Crippen LogP contribution in [0.15, 0.2) is 0 Å². The molecule has 0 heterocycles. The molecule has 0 aromatic carbocycles. The Labute approximate surface area is 114 Å². The molecule has 20 heavy (non-hydrogen) atoms. The van der Waals surface area contributed by atoms with E-state index in [-0.39, 0.29) is 5.48 Å². The van der Waals surface area contributed by atoms with E-state index in [1.807, 2.05) is 0 Å². The predicted octanol–water partition coefficient (Wildman–Crippen LogP) is -10.2. The van der Waals surface area contributed by atoms with Crippen LogP contribution in [0.2, 0.25) is 0 Å². The summed E-state index contributed by atoms with van der Waals surface area (Å²) in [6.07, 6.45) is 0. The molecule has 128 valence electrons. The molecule has 0 aliphatic carbocycles. The van der Waals surface area contributed by atoms with Crippen molar-refractivity contribution in [1.29, 1.82) is 0 Å². The second-order valence-electron chi connectivity index (χ2n) is 2.45. The van der Waals surface area contributed by atoms with E-state index in [9.17, 15) is 0 Å². The van der Waals surface area contributed by atoms with Crippen LogP contribution in [-0.2, 0) is 4.12 Å². The molecule has 0 fully saturated rings. The first-order valence-electron chi connectivity index (χ1n) is 3.54. The van der Waals surface area contributed by atoms with Gasteiger partial charge in [0.1, 0.15) is 0 Å². The first-order chi connectivity index (χ1) is 7.71. The fourth-order valence-electron chi connectivity index (χ4n) is 0.184. The molecule has 0 unspecified atom stereocenters. The van der Waals surface area contributed by atoms with Crippen LogP contribution in [-0.4, -0.2) is 109 Å². The lowest BCUT2D eigenvalue weighted by molar-refractivity contribution is 0.0404. The molecular formula is H16O16Si4. The van der Waals surface area contributed by atoms with Crippen molar-refractivity contribution in [2.75, 3.05) is 0 Å². The molecule has 0 amide bonds. The molecular weight excluding hydrogens is 368 g/mol. The first-order valence-corrected chi connectivity index (χ1v) is 10.6. The summed E-state index contributed by atoms with van der Waals surface area (Å²) in [6, 6.07) is 0. The van der Waals surface area contributed by atoms with Crippen LogP contribution < -0.4 is 0 Å². The van der Waals surface area contributed by atoms with Crippen molar-refractivity contribution >= 4 is 36.2 Å². The lowest BCUT2D eigenvalue weighted by Gasteiger charge is -2.13. The Bertz CT molecular complexity index is 173. The monoisotopic (exact) mass is 384 g/mol. The van der Waals surface area contributed by atoms with Gasteiger partial charge >= 0.3 is 36.2 Å². The Morgan fingerprint density at radius 3 is 0.500 bits per heavy atom. The molecule has 20 heteroatoms. The second kappa shape index (κ2) is 10.0. The minimum atomic E-state index is -4.98. The molecule has 0 aliphatic heterocycles. The lowest BCUT2D eigenvalue weighted by atomic mass is 15.6. The van der Waals surface area contributed by atoms with Gasteiger partial charge in [-0.05, 0) is 0 Å². The van der Waals surface area contributed by atoms with Crippen molar-refractivity contribution < 1.29 is 76.7 Å². The van der Waals surface area contributed by atoms with Crippen LogP contribution in [0.25, 0.3) is 0 Å². The van der Waals surface area contributed by atoms with Crippen molar-refractivity contribution in [2.24, 2.45) is 0 Å². The first kappa shape index (κ1) is 28.4. The standard InChI is InChI=1S/H6O7Si2.2H4O4Si.H2O/c1-8(2,3)7-9(4,5)6;2*1-5(2,3)4;/h1-6H;2*1-4H;1H2.